The molecule has 18 heavy (non-hydrogen) atoms. The van der Waals surface area contributed by atoms with E-state index in [9.17, 15) is 4.39 Å². The monoisotopic (exact) mass is 253 g/mol. The number of benzene rings is 1. The van der Waals surface area contributed by atoms with Gasteiger partial charge in [-0.3, -0.25) is 0 Å². The fraction of sp³-hybridized carbons (Fsp3) is 0.600. The van der Waals surface area contributed by atoms with E-state index in [1.165, 1.54) is 6.07 Å². The molecule has 0 spiro atoms. The predicted octanol–water partition coefficient (Wildman–Crippen LogP) is 3.92. The van der Waals surface area contributed by atoms with Gasteiger partial charge in [0.15, 0.2) is 0 Å². The third-order valence-electron chi connectivity index (χ3n) is 3.67. The van der Waals surface area contributed by atoms with E-state index in [-0.39, 0.29) is 11.9 Å². The summed E-state index contributed by atoms with van der Waals surface area (Å²) in [5, 5.41) is 3.50. The summed E-state index contributed by atoms with van der Waals surface area (Å²) < 4.78 is 18.6. The van der Waals surface area contributed by atoms with Crippen LogP contribution < -0.4 is 10.1 Å². The molecule has 3 unspecified atom stereocenters. The van der Waals surface area contributed by atoms with Crippen LogP contribution in [0.5, 0.6) is 5.75 Å². The van der Waals surface area contributed by atoms with E-state index in [2.05, 4.69) is 26.1 Å². The smallest absolute Gasteiger partial charge is 0.123 e. The standard InChI is InChI=1S/C15H24FNO/c1-6-10(2)11(3)17-12(4)14-9-13(16)7-8-15(14)18-5/h7-12,17H,6H2,1-5H3. The molecule has 3 heteroatoms. The summed E-state index contributed by atoms with van der Waals surface area (Å²) >= 11 is 0. The van der Waals surface area contributed by atoms with Crippen LogP contribution >= 0.6 is 0 Å². The fourth-order valence-electron chi connectivity index (χ4n) is 2.05. The molecule has 1 aromatic rings. The van der Waals surface area contributed by atoms with E-state index < -0.39 is 0 Å². The Kier molecular flexibility index (Phi) is 5.60. The van der Waals surface area contributed by atoms with Gasteiger partial charge in [-0.25, -0.2) is 4.39 Å². The molecule has 1 N–H and O–H groups in total. The Balaban J connectivity index is 2.83. The van der Waals surface area contributed by atoms with Gasteiger partial charge in [0.25, 0.3) is 0 Å². The molecule has 0 aromatic heterocycles. The van der Waals surface area contributed by atoms with Crippen molar-refractivity contribution < 1.29 is 9.13 Å². The Morgan fingerprint density at radius 3 is 2.50 bits per heavy atom. The van der Waals surface area contributed by atoms with Crippen LogP contribution in [0.4, 0.5) is 4.39 Å². The molecule has 0 bridgehead atoms. The Labute approximate surface area is 110 Å². The van der Waals surface area contributed by atoms with Gasteiger partial charge in [0.2, 0.25) is 0 Å². The van der Waals surface area contributed by atoms with Crippen LogP contribution in [-0.2, 0) is 0 Å². The van der Waals surface area contributed by atoms with E-state index in [0.29, 0.717) is 12.0 Å². The van der Waals surface area contributed by atoms with Crippen LogP contribution in [0, 0.1) is 11.7 Å². The molecule has 2 nitrogen and oxygen atoms in total. The summed E-state index contributed by atoms with van der Waals surface area (Å²) in [7, 11) is 1.61. The summed E-state index contributed by atoms with van der Waals surface area (Å²) in [5.41, 5.74) is 0.868. The van der Waals surface area contributed by atoms with Gasteiger partial charge in [-0.15, -0.1) is 0 Å². The number of halogens is 1. The van der Waals surface area contributed by atoms with Crippen LogP contribution in [-0.4, -0.2) is 13.2 Å². The van der Waals surface area contributed by atoms with Gasteiger partial charge in [0.05, 0.1) is 7.11 Å². The average molecular weight is 253 g/mol. The van der Waals surface area contributed by atoms with Crippen molar-refractivity contribution in [1.29, 1.82) is 0 Å². The average Bonchev–Trinajstić information content (AvgIpc) is 2.37. The first kappa shape index (κ1) is 15.0. The molecule has 0 aliphatic rings. The summed E-state index contributed by atoms with van der Waals surface area (Å²) in [6, 6.07) is 5.10. The van der Waals surface area contributed by atoms with Gasteiger partial charge < -0.3 is 10.1 Å². The lowest BCUT2D eigenvalue weighted by Gasteiger charge is -2.25. The molecule has 0 radical (unpaired) electrons. The highest BCUT2D eigenvalue weighted by molar-refractivity contribution is 5.36. The molecule has 0 heterocycles. The maximum Gasteiger partial charge on any atom is 0.123 e. The molecule has 0 saturated carbocycles. The Morgan fingerprint density at radius 2 is 1.94 bits per heavy atom. The minimum absolute atomic E-state index is 0.0691. The molecule has 102 valence electrons. The van der Waals surface area contributed by atoms with E-state index in [0.717, 1.165) is 17.7 Å². The zero-order chi connectivity index (χ0) is 13.7. The highest BCUT2D eigenvalue weighted by Gasteiger charge is 2.17. The topological polar surface area (TPSA) is 21.3 Å². The number of ether oxygens (including phenoxy) is 1. The second kappa shape index (κ2) is 6.74. The SMILES string of the molecule is CCC(C)C(C)NC(C)c1cc(F)ccc1OC. The van der Waals surface area contributed by atoms with Crippen LogP contribution in [0.3, 0.4) is 0 Å². The predicted molar refractivity (Wildman–Crippen MR) is 73.4 cm³/mol. The van der Waals surface area contributed by atoms with Gasteiger partial charge in [0.1, 0.15) is 11.6 Å². The van der Waals surface area contributed by atoms with Crippen molar-refractivity contribution in [2.45, 2.75) is 46.2 Å². The number of rotatable bonds is 6. The molecule has 0 aliphatic heterocycles. The van der Waals surface area contributed by atoms with Crippen molar-refractivity contribution in [3.8, 4) is 5.75 Å². The van der Waals surface area contributed by atoms with Crippen LogP contribution in [0.25, 0.3) is 0 Å². The van der Waals surface area contributed by atoms with E-state index >= 15 is 0 Å². The molecule has 0 aliphatic carbocycles. The van der Waals surface area contributed by atoms with Crippen LogP contribution in [0.15, 0.2) is 18.2 Å². The van der Waals surface area contributed by atoms with E-state index in [4.69, 9.17) is 4.74 Å². The molecular formula is C15H24FNO. The zero-order valence-electron chi connectivity index (χ0n) is 12.0. The fourth-order valence-corrected chi connectivity index (χ4v) is 2.05. The van der Waals surface area contributed by atoms with Crippen molar-refractivity contribution in [1.82, 2.24) is 5.32 Å². The number of nitrogens with one attached hydrogen (secondary N) is 1. The van der Waals surface area contributed by atoms with Crippen molar-refractivity contribution in [3.05, 3.63) is 29.6 Å². The van der Waals surface area contributed by atoms with Gasteiger partial charge in [-0.1, -0.05) is 20.3 Å². The maximum atomic E-state index is 13.3. The van der Waals surface area contributed by atoms with Gasteiger partial charge in [0, 0.05) is 17.6 Å². The molecule has 0 saturated heterocycles. The zero-order valence-corrected chi connectivity index (χ0v) is 12.0. The van der Waals surface area contributed by atoms with Crippen molar-refractivity contribution in [3.63, 3.8) is 0 Å². The van der Waals surface area contributed by atoms with Gasteiger partial charge >= 0.3 is 0 Å². The largest absolute Gasteiger partial charge is 0.496 e. The summed E-state index contributed by atoms with van der Waals surface area (Å²) in [6.45, 7) is 8.59. The second-order valence-electron chi connectivity index (χ2n) is 4.95. The van der Waals surface area contributed by atoms with Crippen LogP contribution in [0.2, 0.25) is 0 Å². The highest BCUT2D eigenvalue weighted by atomic mass is 19.1. The normalized spacial score (nSPS) is 16.1. The second-order valence-corrected chi connectivity index (χ2v) is 4.95. The quantitative estimate of drug-likeness (QED) is 0.829. The van der Waals surface area contributed by atoms with E-state index in [1.54, 1.807) is 19.2 Å². The lowest BCUT2D eigenvalue weighted by atomic mass is 9.98. The Bertz CT molecular complexity index is 381. The molecule has 0 fully saturated rings. The third-order valence-corrected chi connectivity index (χ3v) is 3.67. The highest BCUT2D eigenvalue weighted by Crippen LogP contribution is 2.26. The summed E-state index contributed by atoms with van der Waals surface area (Å²) in [5.74, 6) is 1.09. The maximum absolute atomic E-state index is 13.3. The van der Waals surface area contributed by atoms with E-state index in [1.807, 2.05) is 6.92 Å². The Morgan fingerprint density at radius 1 is 1.28 bits per heavy atom. The van der Waals surface area contributed by atoms with Crippen molar-refractivity contribution in [2.24, 2.45) is 5.92 Å². The van der Waals surface area contributed by atoms with Gasteiger partial charge in [-0.2, -0.15) is 0 Å². The number of methoxy groups -OCH3 is 1. The minimum Gasteiger partial charge on any atom is -0.496 e. The molecule has 3 atom stereocenters. The minimum atomic E-state index is -0.226. The summed E-state index contributed by atoms with van der Waals surface area (Å²) in [4.78, 5) is 0. The molecular weight excluding hydrogens is 229 g/mol. The first-order valence-corrected chi connectivity index (χ1v) is 6.59. The van der Waals surface area contributed by atoms with Crippen molar-refractivity contribution >= 4 is 0 Å². The molecule has 1 rings (SSSR count). The van der Waals surface area contributed by atoms with Crippen LogP contribution in [0.1, 0.15) is 45.7 Å². The summed E-state index contributed by atoms with van der Waals surface area (Å²) in [6.07, 6.45) is 1.13. The third kappa shape index (κ3) is 3.70. The molecule has 1 aromatic carbocycles. The lowest BCUT2D eigenvalue weighted by molar-refractivity contribution is 0.349. The first-order valence-electron chi connectivity index (χ1n) is 6.59. The molecule has 0 amide bonds. The number of hydrogen-bond acceptors (Lipinski definition) is 2. The first-order chi connectivity index (χ1) is 8.49. The lowest BCUT2D eigenvalue weighted by Crippen LogP contribution is -2.34. The Hall–Kier alpha value is -1.09. The van der Waals surface area contributed by atoms with Gasteiger partial charge in [-0.05, 0) is 38.0 Å². The number of hydrogen-bond donors (Lipinski definition) is 1. The van der Waals surface area contributed by atoms with Crippen molar-refractivity contribution in [2.75, 3.05) is 7.11 Å².